The van der Waals surface area contributed by atoms with Crippen LogP contribution in [-0.4, -0.2) is 28.4 Å². The number of rotatable bonds is 6. The van der Waals surface area contributed by atoms with Gasteiger partial charge >= 0.3 is 0 Å². The van der Waals surface area contributed by atoms with Crippen LogP contribution in [-0.2, 0) is 22.7 Å². The van der Waals surface area contributed by atoms with Gasteiger partial charge < -0.3 is 18.9 Å². The van der Waals surface area contributed by atoms with Crippen LogP contribution in [0, 0.1) is 0 Å². The van der Waals surface area contributed by atoms with Crippen LogP contribution in [0.2, 0.25) is 0 Å². The molecule has 0 unspecified atom stereocenters. The van der Waals surface area contributed by atoms with E-state index in [2.05, 4.69) is 24.3 Å². The Kier molecular flexibility index (Phi) is 8.72. The Balaban J connectivity index is 0.000000224. The Morgan fingerprint density at radius 1 is 0.545 bits per heavy atom. The molecule has 0 aromatic heterocycles. The zero-order valence-corrected chi connectivity index (χ0v) is 13.7. The first-order valence-corrected chi connectivity index (χ1v) is 6.97. The molecule has 0 N–H and O–H groups in total. The first-order valence-electron chi connectivity index (χ1n) is 6.97. The summed E-state index contributed by atoms with van der Waals surface area (Å²) in [5.41, 5.74) is 2.38. The Morgan fingerprint density at radius 2 is 0.864 bits per heavy atom. The second-order valence-corrected chi connectivity index (χ2v) is 4.56. The van der Waals surface area contributed by atoms with Crippen molar-refractivity contribution in [2.75, 3.05) is 28.4 Å². The van der Waals surface area contributed by atoms with Crippen molar-refractivity contribution < 1.29 is 18.9 Å². The van der Waals surface area contributed by atoms with Gasteiger partial charge in [-0.05, 0) is 35.4 Å². The van der Waals surface area contributed by atoms with Gasteiger partial charge in [0.15, 0.2) is 0 Å². The summed E-state index contributed by atoms with van der Waals surface area (Å²) in [5.74, 6) is 1.70. The summed E-state index contributed by atoms with van der Waals surface area (Å²) in [4.78, 5) is 0. The second kappa shape index (κ2) is 10.7. The first-order chi connectivity index (χ1) is 10.7. The van der Waals surface area contributed by atoms with Gasteiger partial charge in [0, 0.05) is 14.2 Å². The average Bonchev–Trinajstić information content (AvgIpc) is 2.58. The first kappa shape index (κ1) is 18.0. The Labute approximate surface area is 132 Å². The topological polar surface area (TPSA) is 36.9 Å². The maximum absolute atomic E-state index is 5.00. The zero-order chi connectivity index (χ0) is 16.2. The molecule has 0 saturated carbocycles. The van der Waals surface area contributed by atoms with Crippen LogP contribution in [0.25, 0.3) is 0 Å². The van der Waals surface area contributed by atoms with Crippen molar-refractivity contribution in [1.29, 1.82) is 0 Å². The molecule has 0 saturated heterocycles. The number of methoxy groups -OCH3 is 4. The lowest BCUT2D eigenvalue weighted by molar-refractivity contribution is 0.182. The molecule has 0 bridgehead atoms. The average molecular weight is 304 g/mol. The third-order valence-electron chi connectivity index (χ3n) is 2.94. The summed E-state index contributed by atoms with van der Waals surface area (Å²) in [6.45, 7) is 1.35. The van der Waals surface area contributed by atoms with Gasteiger partial charge in [-0.3, -0.25) is 0 Å². The fourth-order valence-electron chi connectivity index (χ4n) is 1.78. The van der Waals surface area contributed by atoms with Gasteiger partial charge in [-0.25, -0.2) is 0 Å². The third kappa shape index (κ3) is 6.61. The van der Waals surface area contributed by atoms with Gasteiger partial charge in [-0.2, -0.15) is 0 Å². The maximum atomic E-state index is 5.00. The van der Waals surface area contributed by atoms with Crippen LogP contribution in [0.15, 0.2) is 48.5 Å². The van der Waals surface area contributed by atoms with Crippen LogP contribution >= 0.6 is 0 Å². The normalized spacial score (nSPS) is 9.64. The monoisotopic (exact) mass is 304 g/mol. The third-order valence-corrected chi connectivity index (χ3v) is 2.94. The molecule has 0 aliphatic carbocycles. The van der Waals surface area contributed by atoms with Gasteiger partial charge in [0.05, 0.1) is 27.4 Å². The Hall–Kier alpha value is -2.04. The van der Waals surface area contributed by atoms with Crippen molar-refractivity contribution in [3.8, 4) is 11.5 Å². The summed E-state index contributed by atoms with van der Waals surface area (Å²) in [7, 11) is 6.68. The molecular weight excluding hydrogens is 280 g/mol. The van der Waals surface area contributed by atoms with Gasteiger partial charge in [0.25, 0.3) is 0 Å². The van der Waals surface area contributed by atoms with Crippen LogP contribution < -0.4 is 9.47 Å². The van der Waals surface area contributed by atoms with Crippen molar-refractivity contribution in [1.82, 2.24) is 0 Å². The van der Waals surface area contributed by atoms with Crippen LogP contribution in [0.4, 0.5) is 0 Å². The van der Waals surface area contributed by atoms with E-state index in [9.17, 15) is 0 Å². The molecule has 0 amide bonds. The molecule has 4 heteroatoms. The Bertz CT molecular complexity index is 458. The van der Waals surface area contributed by atoms with Gasteiger partial charge in [0.2, 0.25) is 0 Å². The molecule has 0 spiro atoms. The van der Waals surface area contributed by atoms with Gasteiger partial charge in [-0.1, -0.05) is 24.3 Å². The largest absolute Gasteiger partial charge is 0.497 e. The molecule has 0 heterocycles. The quantitative estimate of drug-likeness (QED) is 0.815. The fourth-order valence-corrected chi connectivity index (χ4v) is 1.78. The minimum Gasteiger partial charge on any atom is -0.497 e. The van der Waals surface area contributed by atoms with E-state index >= 15 is 0 Å². The molecule has 4 nitrogen and oxygen atoms in total. The highest BCUT2D eigenvalue weighted by molar-refractivity contribution is 5.30. The standard InChI is InChI=1S/C10H14O2.C8H10O2/c1-11-7-9-3-5-10(6-4-9)8-12-2;1-9-7-3-5-8(10-2)6-4-7/h3-6H,7-8H2,1-2H3;3-6H,1-2H3. The second-order valence-electron chi connectivity index (χ2n) is 4.56. The predicted molar refractivity (Wildman–Crippen MR) is 87.4 cm³/mol. The number of hydrogen-bond donors (Lipinski definition) is 0. The smallest absolute Gasteiger partial charge is 0.119 e. The van der Waals surface area contributed by atoms with Crippen LogP contribution in [0.5, 0.6) is 11.5 Å². The summed E-state index contributed by atoms with van der Waals surface area (Å²) in [5, 5.41) is 0. The molecule has 2 aromatic carbocycles. The van der Waals surface area contributed by atoms with Crippen molar-refractivity contribution >= 4 is 0 Å². The van der Waals surface area contributed by atoms with Crippen molar-refractivity contribution in [3.63, 3.8) is 0 Å². The minimum absolute atomic E-state index is 0.674. The summed E-state index contributed by atoms with van der Waals surface area (Å²) in [6.07, 6.45) is 0. The molecular formula is C18H24O4. The van der Waals surface area contributed by atoms with Gasteiger partial charge in [0.1, 0.15) is 11.5 Å². The molecule has 2 rings (SSSR count). The SMILES string of the molecule is COCc1ccc(COC)cc1.COc1ccc(OC)cc1. The summed E-state index contributed by atoms with van der Waals surface area (Å²) < 4.78 is 19.9. The fraction of sp³-hybridized carbons (Fsp3) is 0.333. The van der Waals surface area contributed by atoms with E-state index in [1.165, 1.54) is 11.1 Å². The van der Waals surface area contributed by atoms with Crippen molar-refractivity contribution in [3.05, 3.63) is 59.7 Å². The highest BCUT2D eigenvalue weighted by Gasteiger charge is 1.93. The lowest BCUT2D eigenvalue weighted by Gasteiger charge is -2.01. The lowest BCUT2D eigenvalue weighted by atomic mass is 10.1. The number of benzene rings is 2. The zero-order valence-electron chi connectivity index (χ0n) is 13.7. The molecule has 2 aromatic rings. The summed E-state index contributed by atoms with van der Waals surface area (Å²) >= 11 is 0. The van der Waals surface area contributed by atoms with Crippen molar-refractivity contribution in [2.45, 2.75) is 13.2 Å². The van der Waals surface area contributed by atoms with Gasteiger partial charge in [-0.15, -0.1) is 0 Å². The highest BCUT2D eigenvalue weighted by atomic mass is 16.5. The van der Waals surface area contributed by atoms with E-state index in [1.54, 1.807) is 28.4 Å². The van der Waals surface area contributed by atoms with Crippen LogP contribution in [0.1, 0.15) is 11.1 Å². The molecule has 22 heavy (non-hydrogen) atoms. The number of hydrogen-bond acceptors (Lipinski definition) is 4. The molecule has 0 aliphatic heterocycles. The highest BCUT2D eigenvalue weighted by Crippen LogP contribution is 2.15. The predicted octanol–water partition coefficient (Wildman–Crippen LogP) is 3.68. The Morgan fingerprint density at radius 3 is 1.09 bits per heavy atom. The molecule has 0 radical (unpaired) electrons. The van der Waals surface area contributed by atoms with E-state index in [-0.39, 0.29) is 0 Å². The van der Waals surface area contributed by atoms with Crippen molar-refractivity contribution in [2.24, 2.45) is 0 Å². The molecule has 0 atom stereocenters. The minimum atomic E-state index is 0.674. The molecule has 120 valence electrons. The van der Waals surface area contributed by atoms with Crippen LogP contribution in [0.3, 0.4) is 0 Å². The molecule has 0 aliphatic rings. The molecule has 0 fully saturated rings. The van der Waals surface area contributed by atoms with E-state index < -0.39 is 0 Å². The number of ether oxygens (including phenoxy) is 4. The van der Waals surface area contributed by atoms with E-state index in [4.69, 9.17) is 18.9 Å². The lowest BCUT2D eigenvalue weighted by Crippen LogP contribution is -1.90. The van der Waals surface area contributed by atoms with E-state index in [0.29, 0.717) is 13.2 Å². The van der Waals surface area contributed by atoms with E-state index in [1.807, 2.05) is 24.3 Å². The maximum Gasteiger partial charge on any atom is 0.119 e. The van der Waals surface area contributed by atoms with E-state index in [0.717, 1.165) is 11.5 Å². The summed E-state index contributed by atoms with van der Waals surface area (Å²) in [6, 6.07) is 15.7.